The van der Waals surface area contributed by atoms with Crippen molar-refractivity contribution >= 4 is 17.2 Å². The molecule has 17 heavy (non-hydrogen) atoms. The van der Waals surface area contributed by atoms with Gasteiger partial charge in [-0.3, -0.25) is 10.2 Å². The molecule has 0 radical (unpaired) electrons. The standard InChI is InChI=1S/C11H8N4O2/c1-7(16)8-2-3-11(17)10(4-8)15-14-9(5-12)6-13/h2-4,15,17H,1H3. The summed E-state index contributed by atoms with van der Waals surface area (Å²) in [7, 11) is 0. The summed E-state index contributed by atoms with van der Waals surface area (Å²) in [5, 5.41) is 29.8. The fourth-order valence-electron chi connectivity index (χ4n) is 1.04. The molecular formula is C11H8N4O2. The van der Waals surface area contributed by atoms with Crippen LogP contribution in [0.25, 0.3) is 0 Å². The third-order valence-electron chi connectivity index (χ3n) is 1.90. The maximum Gasteiger partial charge on any atom is 0.237 e. The molecule has 2 N–H and O–H groups in total. The van der Waals surface area contributed by atoms with Crippen LogP contribution >= 0.6 is 0 Å². The maximum absolute atomic E-state index is 11.1. The van der Waals surface area contributed by atoms with Crippen LogP contribution in [0.3, 0.4) is 0 Å². The number of phenolic OH excluding ortho intramolecular Hbond substituents is 1. The van der Waals surface area contributed by atoms with Gasteiger partial charge in [-0.05, 0) is 25.1 Å². The van der Waals surface area contributed by atoms with Crippen molar-refractivity contribution in [2.24, 2.45) is 5.10 Å². The number of carbonyl (C=O) groups excluding carboxylic acids is 1. The molecule has 0 amide bonds. The van der Waals surface area contributed by atoms with E-state index in [9.17, 15) is 9.90 Å². The van der Waals surface area contributed by atoms with E-state index in [4.69, 9.17) is 10.5 Å². The fourth-order valence-corrected chi connectivity index (χ4v) is 1.04. The Kier molecular flexibility index (Phi) is 3.80. The van der Waals surface area contributed by atoms with Crippen LogP contribution in [0.5, 0.6) is 5.75 Å². The van der Waals surface area contributed by atoms with E-state index in [2.05, 4.69) is 10.5 Å². The third-order valence-corrected chi connectivity index (χ3v) is 1.90. The van der Waals surface area contributed by atoms with Gasteiger partial charge in [-0.1, -0.05) is 0 Å². The second kappa shape index (κ2) is 5.29. The minimum Gasteiger partial charge on any atom is -0.506 e. The molecule has 1 aromatic carbocycles. The number of hydrogen-bond acceptors (Lipinski definition) is 6. The normalized spacial score (nSPS) is 8.65. The Hall–Kier alpha value is -2.86. The second-order valence-corrected chi connectivity index (χ2v) is 3.08. The van der Waals surface area contributed by atoms with Crippen LogP contribution in [0.15, 0.2) is 23.3 Å². The highest BCUT2D eigenvalue weighted by atomic mass is 16.3. The number of anilines is 1. The number of benzene rings is 1. The van der Waals surface area contributed by atoms with Crippen LogP contribution in [0.1, 0.15) is 17.3 Å². The Balaban J connectivity index is 3.04. The van der Waals surface area contributed by atoms with Crippen LogP contribution in [0.2, 0.25) is 0 Å². The molecule has 0 aromatic heterocycles. The zero-order valence-electron chi connectivity index (χ0n) is 8.93. The summed E-state index contributed by atoms with van der Waals surface area (Å²) in [5.74, 6) is -0.299. The Morgan fingerprint density at radius 2 is 2.06 bits per heavy atom. The molecule has 0 heterocycles. The van der Waals surface area contributed by atoms with Crippen molar-refractivity contribution < 1.29 is 9.90 Å². The number of ketones is 1. The third kappa shape index (κ3) is 3.05. The molecule has 0 aliphatic heterocycles. The first-order valence-electron chi connectivity index (χ1n) is 4.56. The number of rotatable bonds is 3. The fraction of sp³-hybridized carbons (Fsp3) is 0.0909. The van der Waals surface area contributed by atoms with E-state index in [1.807, 2.05) is 0 Å². The zero-order valence-corrected chi connectivity index (χ0v) is 8.93. The highest BCUT2D eigenvalue weighted by molar-refractivity contribution is 6.10. The lowest BCUT2D eigenvalue weighted by atomic mass is 10.1. The first kappa shape index (κ1) is 12.2. The number of hydrogen-bond donors (Lipinski definition) is 2. The smallest absolute Gasteiger partial charge is 0.237 e. The summed E-state index contributed by atoms with van der Waals surface area (Å²) in [5.41, 5.74) is 2.51. The topological polar surface area (TPSA) is 109 Å². The zero-order chi connectivity index (χ0) is 12.8. The Bertz CT molecular complexity index is 548. The van der Waals surface area contributed by atoms with Crippen LogP contribution in [-0.2, 0) is 0 Å². The van der Waals surface area contributed by atoms with Gasteiger partial charge in [0.15, 0.2) is 5.78 Å². The average molecular weight is 228 g/mol. The largest absolute Gasteiger partial charge is 0.506 e. The first-order valence-corrected chi connectivity index (χ1v) is 4.56. The van der Waals surface area contributed by atoms with Crippen molar-refractivity contribution in [2.75, 3.05) is 5.43 Å². The second-order valence-electron chi connectivity index (χ2n) is 3.08. The molecule has 6 heteroatoms. The lowest BCUT2D eigenvalue weighted by Crippen LogP contribution is -1.98. The van der Waals surface area contributed by atoms with Crippen LogP contribution < -0.4 is 5.43 Å². The summed E-state index contributed by atoms with van der Waals surface area (Å²) in [4.78, 5) is 11.1. The van der Waals surface area contributed by atoms with E-state index in [0.29, 0.717) is 5.56 Å². The molecule has 0 spiro atoms. The molecule has 0 unspecified atom stereocenters. The summed E-state index contributed by atoms with van der Waals surface area (Å²) < 4.78 is 0. The van der Waals surface area contributed by atoms with Crippen molar-refractivity contribution in [1.82, 2.24) is 0 Å². The number of carbonyl (C=O) groups is 1. The first-order chi connectivity index (χ1) is 8.08. The lowest BCUT2D eigenvalue weighted by Gasteiger charge is -2.04. The van der Waals surface area contributed by atoms with Crippen molar-refractivity contribution in [3.05, 3.63) is 23.8 Å². The van der Waals surface area contributed by atoms with Crippen molar-refractivity contribution in [3.8, 4) is 17.9 Å². The van der Waals surface area contributed by atoms with Gasteiger partial charge in [0.25, 0.3) is 0 Å². The molecular weight excluding hydrogens is 220 g/mol. The van der Waals surface area contributed by atoms with Gasteiger partial charge in [0.2, 0.25) is 5.71 Å². The molecule has 0 saturated heterocycles. The molecule has 0 bridgehead atoms. The molecule has 0 aliphatic carbocycles. The number of phenols is 1. The summed E-state index contributed by atoms with van der Waals surface area (Å²) >= 11 is 0. The van der Waals surface area contributed by atoms with Gasteiger partial charge in [-0.25, -0.2) is 0 Å². The van der Waals surface area contributed by atoms with Gasteiger partial charge in [-0.15, -0.1) is 0 Å². The Labute approximate surface area is 97.4 Å². The van der Waals surface area contributed by atoms with E-state index in [0.717, 1.165) is 0 Å². The highest BCUT2D eigenvalue weighted by Crippen LogP contribution is 2.24. The summed E-state index contributed by atoms with van der Waals surface area (Å²) in [6.45, 7) is 1.38. The number of nitriles is 2. The molecule has 84 valence electrons. The van der Waals surface area contributed by atoms with Gasteiger partial charge in [0.1, 0.15) is 17.9 Å². The van der Waals surface area contributed by atoms with Crippen molar-refractivity contribution in [3.63, 3.8) is 0 Å². The molecule has 1 aromatic rings. The van der Waals surface area contributed by atoms with Crippen LogP contribution in [0, 0.1) is 22.7 Å². The molecule has 1 rings (SSSR count). The number of nitrogens with zero attached hydrogens (tertiary/aromatic N) is 3. The number of nitrogens with one attached hydrogen (secondary N) is 1. The van der Waals surface area contributed by atoms with E-state index in [1.165, 1.54) is 25.1 Å². The molecule has 0 aliphatic rings. The Morgan fingerprint density at radius 3 is 2.59 bits per heavy atom. The monoisotopic (exact) mass is 228 g/mol. The highest BCUT2D eigenvalue weighted by Gasteiger charge is 2.05. The minimum absolute atomic E-state index is 0.131. The van der Waals surface area contributed by atoms with Crippen molar-refractivity contribution in [1.29, 1.82) is 10.5 Å². The average Bonchev–Trinajstić information content (AvgIpc) is 2.32. The molecule has 0 atom stereocenters. The predicted octanol–water partition coefficient (Wildman–Crippen LogP) is 1.41. The van der Waals surface area contributed by atoms with Gasteiger partial charge in [-0.2, -0.15) is 15.6 Å². The Morgan fingerprint density at radius 1 is 1.41 bits per heavy atom. The number of aromatic hydroxyl groups is 1. The van der Waals surface area contributed by atoms with E-state index < -0.39 is 0 Å². The van der Waals surface area contributed by atoms with Gasteiger partial charge in [0.05, 0.1) is 5.69 Å². The van der Waals surface area contributed by atoms with E-state index >= 15 is 0 Å². The predicted molar refractivity (Wildman–Crippen MR) is 60.4 cm³/mol. The summed E-state index contributed by atoms with van der Waals surface area (Å²) in [6.07, 6.45) is 0. The van der Waals surface area contributed by atoms with Crippen LogP contribution in [-0.4, -0.2) is 16.6 Å². The molecule has 6 nitrogen and oxygen atoms in total. The van der Waals surface area contributed by atoms with Gasteiger partial charge >= 0.3 is 0 Å². The quantitative estimate of drug-likeness (QED) is 0.352. The number of hydrazone groups is 1. The molecule has 0 fully saturated rings. The minimum atomic E-state index is -0.377. The van der Waals surface area contributed by atoms with Gasteiger partial charge < -0.3 is 5.11 Å². The van der Waals surface area contributed by atoms with E-state index in [-0.39, 0.29) is 22.9 Å². The maximum atomic E-state index is 11.1. The number of Topliss-reactive ketones (excluding diaryl/α,β-unsaturated/α-hetero) is 1. The SMILES string of the molecule is CC(=O)c1ccc(O)c(NN=C(C#N)C#N)c1. The molecule has 0 saturated carbocycles. The van der Waals surface area contributed by atoms with E-state index in [1.54, 1.807) is 12.1 Å². The summed E-state index contributed by atoms with van der Waals surface area (Å²) in [6, 6.07) is 7.28. The van der Waals surface area contributed by atoms with Crippen molar-refractivity contribution in [2.45, 2.75) is 6.92 Å². The van der Waals surface area contributed by atoms with Gasteiger partial charge in [0, 0.05) is 5.56 Å². The lowest BCUT2D eigenvalue weighted by molar-refractivity contribution is 0.101. The van der Waals surface area contributed by atoms with Crippen LogP contribution in [0.4, 0.5) is 5.69 Å².